The molecule has 0 unspecified atom stereocenters. The van der Waals surface area contributed by atoms with Gasteiger partial charge in [0.15, 0.2) is 0 Å². The maximum absolute atomic E-state index is 13.4. The number of carbonyl (C=O) groups is 1. The molecule has 0 saturated heterocycles. The van der Waals surface area contributed by atoms with Gasteiger partial charge in [0, 0.05) is 4.88 Å². The summed E-state index contributed by atoms with van der Waals surface area (Å²) in [5, 5.41) is 9.13. The summed E-state index contributed by atoms with van der Waals surface area (Å²) in [6.07, 6.45) is 0.612. The topological polar surface area (TPSA) is 63.3 Å². The molecule has 3 N–H and O–H groups in total. The summed E-state index contributed by atoms with van der Waals surface area (Å²) < 4.78 is 13.4. The lowest BCUT2D eigenvalue weighted by Gasteiger charge is -2.06. The van der Waals surface area contributed by atoms with Crippen LogP contribution in [0.15, 0.2) is 18.2 Å². The van der Waals surface area contributed by atoms with E-state index in [-0.39, 0.29) is 10.7 Å². The summed E-state index contributed by atoms with van der Waals surface area (Å²) in [6.45, 7) is 3.77. The second kappa shape index (κ2) is 5.01. The molecule has 3 nitrogen and oxygen atoms in total. The third kappa shape index (κ3) is 2.33. The summed E-state index contributed by atoms with van der Waals surface area (Å²) in [7, 11) is 0. The van der Waals surface area contributed by atoms with E-state index in [1.807, 2.05) is 13.8 Å². The highest BCUT2D eigenvalue weighted by Gasteiger charge is 2.21. The lowest BCUT2D eigenvalue weighted by Crippen LogP contribution is -1.99. The molecule has 5 heteroatoms. The standard InChI is InChI=1S/C14H14FNO2S/c1-3-9-11(16)13(14(17)18)19-12(9)10-6-8(15)5-4-7(10)2/h4-6H,3,16H2,1-2H3,(H,17,18). The minimum absolute atomic E-state index is 0.121. The van der Waals surface area contributed by atoms with Crippen molar-refractivity contribution in [1.82, 2.24) is 0 Å². The lowest BCUT2D eigenvalue weighted by atomic mass is 10.0. The highest BCUT2D eigenvalue weighted by molar-refractivity contribution is 7.18. The van der Waals surface area contributed by atoms with Crippen molar-refractivity contribution in [3.05, 3.63) is 40.0 Å². The molecular formula is C14H14FNO2S. The zero-order valence-electron chi connectivity index (χ0n) is 10.7. The van der Waals surface area contributed by atoms with E-state index in [2.05, 4.69) is 0 Å². The maximum atomic E-state index is 13.4. The van der Waals surface area contributed by atoms with E-state index < -0.39 is 5.97 Å². The number of hydrogen-bond donors (Lipinski definition) is 2. The van der Waals surface area contributed by atoms with Gasteiger partial charge in [-0.3, -0.25) is 0 Å². The Morgan fingerprint density at radius 1 is 1.47 bits per heavy atom. The molecule has 0 spiro atoms. The van der Waals surface area contributed by atoms with Crippen molar-refractivity contribution in [2.45, 2.75) is 20.3 Å². The van der Waals surface area contributed by atoms with Gasteiger partial charge < -0.3 is 10.8 Å². The van der Waals surface area contributed by atoms with Gasteiger partial charge >= 0.3 is 5.97 Å². The highest BCUT2D eigenvalue weighted by atomic mass is 32.1. The van der Waals surface area contributed by atoms with Crippen LogP contribution >= 0.6 is 11.3 Å². The van der Waals surface area contributed by atoms with Gasteiger partial charge in [-0.25, -0.2) is 9.18 Å². The number of halogens is 1. The number of rotatable bonds is 3. The molecule has 19 heavy (non-hydrogen) atoms. The number of aryl methyl sites for hydroxylation is 1. The van der Waals surface area contributed by atoms with Crippen molar-refractivity contribution in [3.8, 4) is 10.4 Å². The minimum atomic E-state index is -1.04. The summed E-state index contributed by atoms with van der Waals surface area (Å²) in [5.41, 5.74) is 8.55. The molecule has 0 atom stereocenters. The predicted molar refractivity (Wildman–Crippen MR) is 75.2 cm³/mol. The van der Waals surface area contributed by atoms with E-state index >= 15 is 0 Å². The van der Waals surface area contributed by atoms with Crippen molar-refractivity contribution in [1.29, 1.82) is 0 Å². The second-order valence-electron chi connectivity index (χ2n) is 4.27. The number of hydrogen-bond acceptors (Lipinski definition) is 3. The number of aromatic carboxylic acids is 1. The van der Waals surface area contributed by atoms with Gasteiger partial charge in [-0.1, -0.05) is 13.0 Å². The fourth-order valence-electron chi connectivity index (χ4n) is 2.04. The van der Waals surface area contributed by atoms with Crippen molar-refractivity contribution >= 4 is 23.0 Å². The van der Waals surface area contributed by atoms with Crippen LogP contribution in [0.2, 0.25) is 0 Å². The van der Waals surface area contributed by atoms with Crippen molar-refractivity contribution < 1.29 is 14.3 Å². The number of carboxylic acid groups (broad SMARTS) is 1. The van der Waals surface area contributed by atoms with Crippen LogP contribution in [0, 0.1) is 12.7 Å². The van der Waals surface area contributed by atoms with E-state index in [1.165, 1.54) is 12.1 Å². The molecular weight excluding hydrogens is 265 g/mol. The van der Waals surface area contributed by atoms with Gasteiger partial charge in [0.25, 0.3) is 0 Å². The number of nitrogens with two attached hydrogens (primary N) is 1. The largest absolute Gasteiger partial charge is 0.477 e. The minimum Gasteiger partial charge on any atom is -0.477 e. The smallest absolute Gasteiger partial charge is 0.348 e. The first-order valence-electron chi connectivity index (χ1n) is 5.86. The normalized spacial score (nSPS) is 10.7. The number of benzene rings is 1. The average molecular weight is 279 g/mol. The molecule has 0 amide bonds. The maximum Gasteiger partial charge on any atom is 0.348 e. The SMILES string of the molecule is CCc1c(-c2cc(F)ccc2C)sc(C(=O)O)c1N. The first-order chi connectivity index (χ1) is 8.95. The predicted octanol–water partition coefficient (Wildman–Crippen LogP) is 3.71. The molecule has 2 rings (SSSR count). The quantitative estimate of drug-likeness (QED) is 0.900. The van der Waals surface area contributed by atoms with Gasteiger partial charge in [0.1, 0.15) is 10.7 Å². The van der Waals surface area contributed by atoms with E-state index in [9.17, 15) is 9.18 Å². The Hall–Kier alpha value is -1.88. The number of nitrogen functional groups attached to an aromatic ring is 1. The molecule has 0 saturated carbocycles. The Bertz CT molecular complexity index is 649. The van der Waals surface area contributed by atoms with Gasteiger partial charge in [-0.05, 0) is 42.2 Å². The zero-order chi connectivity index (χ0) is 14.2. The molecule has 0 aliphatic rings. The Balaban J connectivity index is 2.71. The summed E-state index contributed by atoms with van der Waals surface area (Å²) in [4.78, 5) is 12.0. The molecule has 0 aliphatic heterocycles. The third-order valence-corrected chi connectivity index (χ3v) is 4.31. The highest BCUT2D eigenvalue weighted by Crippen LogP contribution is 2.40. The van der Waals surface area contributed by atoms with E-state index in [0.717, 1.165) is 27.3 Å². The van der Waals surface area contributed by atoms with Gasteiger partial charge in [0.2, 0.25) is 0 Å². The van der Waals surface area contributed by atoms with E-state index in [4.69, 9.17) is 10.8 Å². The first kappa shape index (κ1) is 13.5. The van der Waals surface area contributed by atoms with Crippen molar-refractivity contribution in [2.75, 3.05) is 5.73 Å². The Morgan fingerprint density at radius 3 is 2.74 bits per heavy atom. The molecule has 1 aromatic heterocycles. The molecule has 0 fully saturated rings. The molecule has 1 aromatic carbocycles. The van der Waals surface area contributed by atoms with Crippen LogP contribution in [0.25, 0.3) is 10.4 Å². The molecule has 100 valence electrons. The first-order valence-corrected chi connectivity index (χ1v) is 6.68. The Morgan fingerprint density at radius 2 is 2.16 bits per heavy atom. The zero-order valence-corrected chi connectivity index (χ0v) is 11.5. The number of carboxylic acids is 1. The Kier molecular flexibility index (Phi) is 3.57. The molecule has 0 radical (unpaired) electrons. The molecule has 0 bridgehead atoms. The van der Waals surface area contributed by atoms with Crippen LogP contribution in [-0.2, 0) is 6.42 Å². The summed E-state index contributed by atoms with van der Waals surface area (Å²) in [6, 6.07) is 4.49. The van der Waals surface area contributed by atoms with Crippen LogP contribution in [0.4, 0.5) is 10.1 Å². The van der Waals surface area contributed by atoms with Gasteiger partial charge in [0.05, 0.1) is 5.69 Å². The fraction of sp³-hybridized carbons (Fsp3) is 0.214. The van der Waals surface area contributed by atoms with Crippen LogP contribution in [0.3, 0.4) is 0 Å². The van der Waals surface area contributed by atoms with Crippen molar-refractivity contribution in [3.63, 3.8) is 0 Å². The van der Waals surface area contributed by atoms with Crippen LogP contribution in [0.5, 0.6) is 0 Å². The van der Waals surface area contributed by atoms with Crippen LogP contribution in [-0.4, -0.2) is 11.1 Å². The molecule has 0 aliphatic carbocycles. The summed E-state index contributed by atoms with van der Waals surface area (Å²) >= 11 is 1.10. The summed E-state index contributed by atoms with van der Waals surface area (Å²) in [5.74, 6) is -1.39. The fourth-order valence-corrected chi connectivity index (χ4v) is 3.28. The van der Waals surface area contributed by atoms with E-state index in [0.29, 0.717) is 17.7 Å². The molecule has 1 heterocycles. The number of thiophene rings is 1. The van der Waals surface area contributed by atoms with E-state index in [1.54, 1.807) is 6.07 Å². The number of anilines is 1. The van der Waals surface area contributed by atoms with Crippen LogP contribution in [0.1, 0.15) is 27.7 Å². The van der Waals surface area contributed by atoms with Crippen molar-refractivity contribution in [2.24, 2.45) is 0 Å². The third-order valence-electron chi connectivity index (χ3n) is 3.04. The molecule has 2 aromatic rings. The Labute approximate surface area is 114 Å². The lowest BCUT2D eigenvalue weighted by molar-refractivity contribution is 0.0703. The average Bonchev–Trinajstić information content (AvgIpc) is 2.69. The van der Waals surface area contributed by atoms with Gasteiger partial charge in [-0.15, -0.1) is 11.3 Å². The van der Waals surface area contributed by atoms with Crippen LogP contribution < -0.4 is 5.73 Å². The van der Waals surface area contributed by atoms with Gasteiger partial charge in [-0.2, -0.15) is 0 Å². The monoisotopic (exact) mass is 279 g/mol. The second-order valence-corrected chi connectivity index (χ2v) is 5.29.